The first-order valence-electron chi connectivity index (χ1n) is 41.7. The maximum Gasteiger partial charge on any atom is 0.338 e. The average Bonchev–Trinajstić information content (AvgIpc) is 0.682. The minimum atomic E-state index is -2.48. The third-order valence-corrected chi connectivity index (χ3v) is 25.4. The van der Waals surface area contributed by atoms with Crippen molar-refractivity contribution in [1.29, 1.82) is 0 Å². The molecule has 0 bridgehead atoms. The molecule has 0 aliphatic carbocycles. The van der Waals surface area contributed by atoms with Crippen LogP contribution in [-0.4, -0.2) is 248 Å². The molecule has 0 saturated carbocycles. The van der Waals surface area contributed by atoms with Crippen LogP contribution in [0.5, 0.6) is 184 Å². The van der Waals surface area contributed by atoms with E-state index < -0.39 is 391 Å². The van der Waals surface area contributed by atoms with Gasteiger partial charge in [-0.05, 0) is 107 Å². The molecule has 44 heteroatoms. The third kappa shape index (κ3) is 15.5. The lowest BCUT2D eigenvalue weighted by molar-refractivity contribution is -0.277. The Hall–Kier alpha value is -17.1. The van der Waals surface area contributed by atoms with E-state index in [0.29, 0.717) is 48.5 Å². The number of fused-ring (bicyclic) bond motifs is 5. The zero-order valence-electron chi connectivity index (χ0n) is 70.5. The summed E-state index contributed by atoms with van der Waals surface area (Å²) >= 11 is 0. The van der Waals surface area contributed by atoms with Crippen molar-refractivity contribution in [1.82, 2.24) is 0 Å². The third-order valence-electron chi connectivity index (χ3n) is 25.4. The highest BCUT2D eigenvalue weighted by atomic mass is 16.7. The summed E-state index contributed by atoms with van der Waals surface area (Å²) in [4.78, 5) is 27.4. The van der Waals surface area contributed by atoms with Crippen LogP contribution >= 0.6 is 0 Å². The normalized spacial score (nSPS) is 24.4. The smallest absolute Gasteiger partial charge is 0.338 e. The molecular weight excluding hydrogens is 1850 g/mol. The largest absolute Gasteiger partial charge is 0.507 e. The molecule has 1 saturated heterocycles. The molecule has 0 radical (unpaired) electrons. The molecule has 6 aliphatic heterocycles. The van der Waals surface area contributed by atoms with E-state index in [1.807, 2.05) is 0 Å². The van der Waals surface area contributed by atoms with Gasteiger partial charge in [-0.15, -0.1) is 0 Å². The number of benzene rings is 12. The van der Waals surface area contributed by atoms with Crippen LogP contribution in [-0.2, 0) is 20.6 Å². The molecule has 19 unspecified atom stereocenters. The number of carbonyl (C=O) groups is 2. The molecule has 12 aromatic carbocycles. The number of ether oxygens (including phenoxy) is 9. The predicted molar refractivity (Wildman–Crippen MR) is 459 cm³/mol. The summed E-state index contributed by atoms with van der Waals surface area (Å²) in [6.07, 6.45) is -33.1. The first-order valence-corrected chi connectivity index (χ1v) is 41.7. The molecule has 0 spiro atoms. The molecule has 6 heterocycles. The molecule has 724 valence electrons. The van der Waals surface area contributed by atoms with E-state index in [1.54, 1.807) is 0 Å². The molecule has 0 amide bonds. The van der Waals surface area contributed by atoms with Crippen molar-refractivity contribution in [3.63, 3.8) is 0 Å². The summed E-state index contributed by atoms with van der Waals surface area (Å²) in [6, 6.07) is 20.0. The Morgan fingerprint density at radius 2 is 0.583 bits per heavy atom. The molecule has 12 aromatic rings. The van der Waals surface area contributed by atoms with E-state index in [9.17, 15) is 178 Å². The minimum absolute atomic E-state index is 0.228. The Morgan fingerprint density at radius 3 is 0.950 bits per heavy atom. The fraction of sp³-hybridized carbons (Fsp3) is 0.221. The number of esters is 2. The van der Waals surface area contributed by atoms with Crippen molar-refractivity contribution >= 4 is 11.9 Å². The van der Waals surface area contributed by atoms with Crippen molar-refractivity contribution in [2.75, 3.05) is 6.61 Å². The Morgan fingerprint density at radius 1 is 0.273 bits per heavy atom. The van der Waals surface area contributed by atoms with E-state index >= 15 is 0 Å². The first kappa shape index (κ1) is 92.3. The zero-order chi connectivity index (χ0) is 99.6. The van der Waals surface area contributed by atoms with Gasteiger partial charge in [0, 0.05) is 98.5 Å². The Labute approximate surface area is 776 Å². The van der Waals surface area contributed by atoms with Crippen molar-refractivity contribution in [2.45, 2.75) is 122 Å². The lowest BCUT2D eigenvalue weighted by Gasteiger charge is -2.45. The summed E-state index contributed by atoms with van der Waals surface area (Å²) in [7, 11) is 0. The molecule has 139 heavy (non-hydrogen) atoms. The Bertz CT molecular complexity index is 6990. The molecule has 18 rings (SSSR count). The number of phenols is 26. The minimum Gasteiger partial charge on any atom is -0.507 e. The summed E-state index contributed by atoms with van der Waals surface area (Å²) in [6.45, 7) is -0.971. The number of hydrogen-bond acceptors (Lipinski definition) is 44. The standard InChI is InChI=1S/C95H80O44/c96-36-5-1-27(9-41(36)101)85-78(123)70(62-45(105)19-34(20-59(62)133-85)132-95-83(128)82(127)77(122)61(135-95)26-131-93(129)32-15-55(115)75(120)56(116)16-32)64-47(107)23-49(109)66-72(80(125)87(137-90(64)66)29-3-7-38(98)43(103)11-29)68-51(111)25-52(112)69-73(81(126)88(139-92(68)69)30-4-8-39(99)44(104)12-30)67-50(110)24-48(108)65-71(79(124)86(138-91(65)67)28-2-6-37(97)42(102)10-28)63-46(106)22-40(100)35-21-60(134-94(130)33-17-57(117)76(121)58(118)18-33)84(136-89(35)63)31-13-53(113)74(119)54(114)14-31/h1-20,22-25,60-61,70-73,77-88,95-128H,21,26H2. The van der Waals surface area contributed by atoms with Crippen LogP contribution < -0.4 is 28.4 Å². The van der Waals surface area contributed by atoms with Crippen LogP contribution in [0.2, 0.25) is 0 Å². The fourth-order valence-electron chi connectivity index (χ4n) is 18.8. The summed E-state index contributed by atoms with van der Waals surface area (Å²) in [5, 5.41) is 385. The highest BCUT2D eigenvalue weighted by Gasteiger charge is 2.57. The van der Waals surface area contributed by atoms with Crippen LogP contribution in [0.3, 0.4) is 0 Å². The van der Waals surface area contributed by atoms with E-state index in [1.165, 1.54) is 0 Å². The van der Waals surface area contributed by atoms with Gasteiger partial charge in [0.1, 0.15) is 148 Å². The summed E-state index contributed by atoms with van der Waals surface area (Å²) < 4.78 is 56.4. The van der Waals surface area contributed by atoms with E-state index in [2.05, 4.69) is 0 Å². The Balaban J connectivity index is 0.829. The van der Waals surface area contributed by atoms with Gasteiger partial charge in [0.05, 0.1) is 34.8 Å². The van der Waals surface area contributed by atoms with Gasteiger partial charge in [0.2, 0.25) is 6.29 Å². The molecule has 1 fully saturated rings. The second-order valence-electron chi connectivity index (χ2n) is 33.8. The number of phenolic OH excluding ortho intramolecular Hbond substituents is 26. The van der Waals surface area contributed by atoms with Crippen molar-refractivity contribution in [3.05, 3.63) is 235 Å². The van der Waals surface area contributed by atoms with Gasteiger partial charge in [0.25, 0.3) is 0 Å². The van der Waals surface area contributed by atoms with Gasteiger partial charge >= 0.3 is 11.9 Å². The quantitative estimate of drug-likeness (QED) is 0.0363. The van der Waals surface area contributed by atoms with Crippen LogP contribution in [0.4, 0.5) is 0 Å². The maximum atomic E-state index is 14.2. The van der Waals surface area contributed by atoms with Gasteiger partial charge in [-0.1, -0.05) is 24.3 Å². The maximum absolute atomic E-state index is 14.2. The van der Waals surface area contributed by atoms with Crippen LogP contribution in [0, 0.1) is 0 Å². The van der Waals surface area contributed by atoms with Crippen LogP contribution in [0.15, 0.2) is 146 Å². The van der Waals surface area contributed by atoms with Gasteiger partial charge in [0.15, 0.2) is 128 Å². The zero-order valence-corrected chi connectivity index (χ0v) is 70.5. The fourth-order valence-corrected chi connectivity index (χ4v) is 18.8. The van der Waals surface area contributed by atoms with Crippen LogP contribution in [0.25, 0.3) is 0 Å². The number of aliphatic hydroxyl groups is 7. The van der Waals surface area contributed by atoms with Gasteiger partial charge < -0.3 is 211 Å². The van der Waals surface area contributed by atoms with Crippen molar-refractivity contribution < 1.29 is 221 Å². The number of carbonyl (C=O) groups excluding carboxylic acids is 2. The topological polar surface area (TPSA) is 785 Å². The summed E-state index contributed by atoms with van der Waals surface area (Å²) in [5.41, 5.74) is -9.55. The van der Waals surface area contributed by atoms with Crippen molar-refractivity contribution in [2.24, 2.45) is 0 Å². The highest BCUT2D eigenvalue weighted by molar-refractivity contribution is 5.92. The molecule has 0 aromatic heterocycles. The molecule has 19 atom stereocenters. The lowest BCUT2D eigenvalue weighted by Crippen LogP contribution is -2.60. The van der Waals surface area contributed by atoms with Gasteiger partial charge in [-0.2, -0.15) is 0 Å². The predicted octanol–water partition coefficient (Wildman–Crippen LogP) is 6.48. The van der Waals surface area contributed by atoms with E-state index in [4.69, 9.17) is 42.6 Å². The first-order chi connectivity index (χ1) is 65.9. The second kappa shape index (κ2) is 34.3. The second-order valence-corrected chi connectivity index (χ2v) is 33.8. The average molecular weight is 1930 g/mol. The molecular formula is C95H80O44. The monoisotopic (exact) mass is 1920 g/mol. The molecule has 44 nitrogen and oxygen atoms in total. The van der Waals surface area contributed by atoms with Gasteiger partial charge in [-0.25, -0.2) is 9.59 Å². The van der Waals surface area contributed by atoms with E-state index in [-0.39, 0.29) is 22.3 Å². The number of rotatable bonds is 16. The highest BCUT2D eigenvalue weighted by Crippen LogP contribution is 2.68. The number of aromatic hydroxyl groups is 26. The SMILES string of the molecule is O=C(OCC1OC(Oc2cc(O)c3c(c2)OC(c2ccc(O)c(O)c2)C(O)C3c2c(O)cc(O)c3c2OC(c2ccc(O)c(O)c2)C(O)C3c2c(O)cc(O)c3c2OC(c2ccc(O)c(O)c2)C(O)C3c2c(O)cc(O)c3c2OC(c2ccc(O)c(O)c2)C(O)C3c2c(O)cc(O)c3c2OC(c2cc(O)c(O)c(O)c2)C(OC(=O)c2cc(O)c(O)c(O)c2)C3)C(O)C(O)C1O)c1cc(O)c(O)c(O)c1. The van der Waals surface area contributed by atoms with Crippen LogP contribution in [0.1, 0.15) is 153 Å². The lowest BCUT2D eigenvalue weighted by atomic mass is 9.71. The summed E-state index contributed by atoms with van der Waals surface area (Å²) in [5.74, 6) is -42.2. The van der Waals surface area contributed by atoms with E-state index in [0.717, 1.165) is 97.1 Å². The Kier molecular flexibility index (Phi) is 22.8. The number of hydrogen-bond donors (Lipinski definition) is 33. The van der Waals surface area contributed by atoms with Gasteiger partial charge in [-0.3, -0.25) is 0 Å². The molecule has 6 aliphatic rings. The molecule has 33 N–H and O–H groups in total. The van der Waals surface area contributed by atoms with Crippen molar-refractivity contribution in [3.8, 4) is 184 Å². The number of aliphatic hydroxyl groups excluding tert-OH is 7.